The van der Waals surface area contributed by atoms with Gasteiger partial charge in [0.25, 0.3) is 0 Å². The fourth-order valence-electron chi connectivity index (χ4n) is 2.17. The van der Waals surface area contributed by atoms with Crippen molar-refractivity contribution >= 4 is 22.4 Å². The molecule has 0 aliphatic heterocycles. The summed E-state index contributed by atoms with van der Waals surface area (Å²) in [7, 11) is 0. The van der Waals surface area contributed by atoms with Gasteiger partial charge in [0.1, 0.15) is 0 Å². The Balaban J connectivity index is 3.02. The van der Waals surface area contributed by atoms with Crippen molar-refractivity contribution in [3.63, 3.8) is 0 Å². The molecule has 0 aromatic heterocycles. The van der Waals surface area contributed by atoms with Crippen LogP contribution in [0.15, 0.2) is 24.3 Å². The summed E-state index contributed by atoms with van der Waals surface area (Å²) in [5.41, 5.74) is 1.42. The molecule has 0 saturated heterocycles. The monoisotopic (exact) mass is 259 g/mol. The lowest BCUT2D eigenvalue weighted by Gasteiger charge is -2.23. The molecule has 0 fully saturated rings. The van der Waals surface area contributed by atoms with E-state index >= 15 is 0 Å². The van der Waals surface area contributed by atoms with Crippen LogP contribution in [-0.4, -0.2) is 0 Å². The zero-order valence-electron chi connectivity index (χ0n) is 13.8. The topological polar surface area (TPSA) is 0 Å². The van der Waals surface area contributed by atoms with Crippen molar-refractivity contribution in [1.29, 1.82) is 0 Å². The summed E-state index contributed by atoms with van der Waals surface area (Å²) in [6.07, 6.45) is 5.63. The molecule has 0 unspecified atom stereocenters. The standard InChI is InChI=1S/C17H17Cl/c1-6-14-11(2)7-8-12-9-13(18)10-15(16(12)14)17(3,4)5/h1,7-10H,2-5H3/i2D3. The van der Waals surface area contributed by atoms with Crippen molar-refractivity contribution in [1.82, 2.24) is 0 Å². The second kappa shape index (κ2) is 4.34. The molecule has 0 amide bonds. The van der Waals surface area contributed by atoms with Crippen LogP contribution in [0.5, 0.6) is 0 Å². The van der Waals surface area contributed by atoms with E-state index in [2.05, 4.69) is 26.7 Å². The first-order chi connectivity index (χ1) is 9.55. The highest BCUT2D eigenvalue weighted by atomic mass is 35.5. The van der Waals surface area contributed by atoms with Crippen molar-refractivity contribution in [3.8, 4) is 12.3 Å². The number of rotatable bonds is 0. The number of hydrogen-bond donors (Lipinski definition) is 0. The minimum Gasteiger partial charge on any atom is -0.115 e. The minimum absolute atomic E-state index is 0.192. The molecule has 0 N–H and O–H groups in total. The average molecular weight is 260 g/mol. The quantitative estimate of drug-likeness (QED) is 0.579. The maximum absolute atomic E-state index is 7.67. The Morgan fingerprint density at radius 2 is 2.00 bits per heavy atom. The van der Waals surface area contributed by atoms with Gasteiger partial charge in [-0.15, -0.1) is 6.42 Å². The Labute approximate surface area is 118 Å². The summed E-state index contributed by atoms with van der Waals surface area (Å²) in [6.45, 7) is 3.94. The zero-order valence-corrected chi connectivity index (χ0v) is 11.5. The van der Waals surface area contributed by atoms with Crippen molar-refractivity contribution in [2.24, 2.45) is 0 Å². The molecule has 0 aliphatic rings. The molecule has 0 spiro atoms. The van der Waals surface area contributed by atoms with Gasteiger partial charge in [0.05, 0.1) is 0 Å². The molecule has 0 saturated carbocycles. The van der Waals surface area contributed by atoms with Gasteiger partial charge in [-0.25, -0.2) is 0 Å². The summed E-state index contributed by atoms with van der Waals surface area (Å²) in [5, 5.41) is 2.30. The van der Waals surface area contributed by atoms with E-state index in [1.54, 1.807) is 12.1 Å². The smallest absolute Gasteiger partial charge is 0.0415 e. The first-order valence-electron chi connectivity index (χ1n) is 7.29. The first kappa shape index (κ1) is 9.48. The van der Waals surface area contributed by atoms with Crippen molar-refractivity contribution in [2.45, 2.75) is 33.0 Å². The molecule has 0 nitrogen and oxygen atoms in total. The van der Waals surface area contributed by atoms with Crippen LogP contribution in [-0.2, 0) is 5.41 Å². The van der Waals surface area contributed by atoms with Gasteiger partial charge in [-0.1, -0.05) is 50.4 Å². The van der Waals surface area contributed by atoms with Gasteiger partial charge in [0.15, 0.2) is 0 Å². The van der Waals surface area contributed by atoms with Gasteiger partial charge in [0.2, 0.25) is 0 Å². The third-order valence-corrected chi connectivity index (χ3v) is 3.25. The summed E-state index contributed by atoms with van der Waals surface area (Å²) < 4.78 is 23.0. The summed E-state index contributed by atoms with van der Waals surface area (Å²) in [4.78, 5) is 0. The van der Waals surface area contributed by atoms with Crippen LogP contribution in [0.2, 0.25) is 5.02 Å². The van der Waals surface area contributed by atoms with E-state index in [0.717, 1.165) is 16.3 Å². The number of aryl methyl sites for hydroxylation is 1. The predicted molar refractivity (Wildman–Crippen MR) is 80.3 cm³/mol. The molecule has 1 heteroatoms. The van der Waals surface area contributed by atoms with Crippen LogP contribution in [0.25, 0.3) is 10.8 Å². The number of benzene rings is 2. The molecule has 2 rings (SSSR count). The molecule has 18 heavy (non-hydrogen) atoms. The van der Waals surface area contributed by atoms with Crippen LogP contribution >= 0.6 is 11.6 Å². The highest BCUT2D eigenvalue weighted by Gasteiger charge is 2.20. The zero-order chi connectivity index (χ0) is 16.0. The lowest BCUT2D eigenvalue weighted by Crippen LogP contribution is -2.12. The normalized spacial score (nSPS) is 14.7. The Morgan fingerprint density at radius 1 is 1.28 bits per heavy atom. The molecular weight excluding hydrogens is 240 g/mol. The molecule has 0 radical (unpaired) electrons. The second-order valence-corrected chi connectivity index (χ2v) is 5.87. The largest absolute Gasteiger partial charge is 0.115 e. The van der Waals surface area contributed by atoms with Crippen molar-refractivity contribution in [2.75, 3.05) is 0 Å². The van der Waals surface area contributed by atoms with Gasteiger partial charge in [-0.05, 0) is 40.9 Å². The molecule has 0 bridgehead atoms. The van der Waals surface area contributed by atoms with E-state index in [4.69, 9.17) is 22.1 Å². The summed E-state index contributed by atoms with van der Waals surface area (Å²) in [6, 6.07) is 7.04. The SMILES string of the molecule is [2H]C([2H])([2H])c1ccc2cc(Cl)cc(C(C)(C)C)c2c1C#C. The Hall–Kier alpha value is -1.45. The Morgan fingerprint density at radius 3 is 2.56 bits per heavy atom. The molecule has 0 heterocycles. The van der Waals surface area contributed by atoms with Gasteiger partial charge < -0.3 is 0 Å². The van der Waals surface area contributed by atoms with Crippen LogP contribution in [0.4, 0.5) is 0 Å². The molecule has 2 aromatic carbocycles. The highest BCUT2D eigenvalue weighted by molar-refractivity contribution is 6.31. The highest BCUT2D eigenvalue weighted by Crippen LogP contribution is 2.35. The molecular formula is C17H17Cl. The van der Waals surface area contributed by atoms with Crippen molar-refractivity contribution in [3.05, 3.63) is 46.0 Å². The van der Waals surface area contributed by atoms with Crippen molar-refractivity contribution < 1.29 is 4.11 Å². The van der Waals surface area contributed by atoms with Gasteiger partial charge in [0, 0.05) is 20.1 Å². The molecule has 2 aromatic rings. The lowest BCUT2D eigenvalue weighted by atomic mass is 9.81. The number of terminal acetylenes is 1. The average Bonchev–Trinajstić information content (AvgIpc) is 2.33. The number of fused-ring (bicyclic) bond motifs is 1. The summed E-state index contributed by atoms with van der Waals surface area (Å²) >= 11 is 6.19. The van der Waals surface area contributed by atoms with Gasteiger partial charge in [-0.3, -0.25) is 0 Å². The van der Waals surface area contributed by atoms with Gasteiger partial charge >= 0.3 is 0 Å². The van der Waals surface area contributed by atoms with E-state index in [-0.39, 0.29) is 11.0 Å². The maximum atomic E-state index is 7.67. The third-order valence-electron chi connectivity index (χ3n) is 3.03. The van der Waals surface area contributed by atoms with Crippen LogP contribution in [0, 0.1) is 19.2 Å². The second-order valence-electron chi connectivity index (χ2n) is 5.43. The molecule has 0 atom stereocenters. The number of hydrogen-bond acceptors (Lipinski definition) is 0. The predicted octanol–water partition coefficient (Wildman–Crippen LogP) is 5.08. The van der Waals surface area contributed by atoms with Crippen LogP contribution in [0.1, 0.15) is 41.6 Å². The van der Waals surface area contributed by atoms with E-state index in [0.29, 0.717) is 10.6 Å². The summed E-state index contributed by atoms with van der Waals surface area (Å²) in [5.74, 6) is 2.57. The van der Waals surface area contributed by atoms with Crippen LogP contribution < -0.4 is 0 Å². The van der Waals surface area contributed by atoms with E-state index in [1.165, 1.54) is 0 Å². The Kier molecular flexibility index (Phi) is 2.28. The number of halogens is 1. The van der Waals surface area contributed by atoms with Gasteiger partial charge in [-0.2, -0.15) is 0 Å². The molecule has 92 valence electrons. The van der Waals surface area contributed by atoms with E-state index < -0.39 is 6.85 Å². The fourth-order valence-corrected chi connectivity index (χ4v) is 2.40. The first-order valence-corrected chi connectivity index (χ1v) is 6.17. The van der Waals surface area contributed by atoms with E-state index in [1.807, 2.05) is 12.1 Å². The molecule has 0 aliphatic carbocycles. The Bertz CT molecular complexity index is 744. The minimum atomic E-state index is -2.23. The third kappa shape index (κ3) is 2.11. The van der Waals surface area contributed by atoms with E-state index in [9.17, 15) is 0 Å². The van der Waals surface area contributed by atoms with Crippen LogP contribution in [0.3, 0.4) is 0 Å². The maximum Gasteiger partial charge on any atom is 0.0415 e. The fraction of sp³-hybridized carbons (Fsp3) is 0.294. The lowest BCUT2D eigenvalue weighted by molar-refractivity contribution is 0.596.